The summed E-state index contributed by atoms with van der Waals surface area (Å²) >= 11 is 0. The maximum Gasteiger partial charge on any atom is 0.343 e. The second-order valence-electron chi connectivity index (χ2n) is 8.66. The summed E-state index contributed by atoms with van der Waals surface area (Å²) in [6.45, 7) is 6.28. The van der Waals surface area contributed by atoms with Gasteiger partial charge in [0.15, 0.2) is 5.76 Å². The number of fused-ring (bicyclic) bond motifs is 1. The first-order chi connectivity index (χ1) is 15.6. The molecular formula is C26H21NO6. The van der Waals surface area contributed by atoms with Crippen LogP contribution in [0.25, 0.3) is 6.08 Å². The van der Waals surface area contributed by atoms with Gasteiger partial charge in [-0.3, -0.25) is 14.9 Å². The van der Waals surface area contributed by atoms with E-state index in [9.17, 15) is 19.7 Å². The molecule has 3 aromatic carbocycles. The molecular weight excluding hydrogens is 422 g/mol. The van der Waals surface area contributed by atoms with E-state index in [-0.39, 0.29) is 34.1 Å². The van der Waals surface area contributed by atoms with Gasteiger partial charge in [-0.1, -0.05) is 32.9 Å². The number of ketones is 1. The average Bonchev–Trinajstić information content (AvgIpc) is 3.08. The Kier molecular flexibility index (Phi) is 5.55. The summed E-state index contributed by atoms with van der Waals surface area (Å²) in [4.78, 5) is 35.5. The fourth-order valence-corrected chi connectivity index (χ4v) is 3.35. The van der Waals surface area contributed by atoms with Crippen LogP contribution in [0.1, 0.15) is 52.6 Å². The Morgan fingerprint density at radius 1 is 1.00 bits per heavy atom. The fraction of sp³-hybridized carbons (Fsp3) is 0.154. The Balaban J connectivity index is 1.49. The van der Waals surface area contributed by atoms with Gasteiger partial charge in [-0.2, -0.15) is 0 Å². The second kappa shape index (κ2) is 8.35. The molecule has 1 heterocycles. The maximum atomic E-state index is 12.6. The molecule has 0 saturated carbocycles. The van der Waals surface area contributed by atoms with Crippen LogP contribution in [0.5, 0.6) is 11.5 Å². The first kappa shape index (κ1) is 22.0. The number of nitro benzene ring substituents is 1. The first-order valence-corrected chi connectivity index (χ1v) is 10.3. The fourth-order valence-electron chi connectivity index (χ4n) is 3.35. The minimum atomic E-state index is -0.513. The number of nitro groups is 1. The lowest BCUT2D eigenvalue weighted by Crippen LogP contribution is -2.12. The van der Waals surface area contributed by atoms with Gasteiger partial charge in [-0.15, -0.1) is 0 Å². The molecule has 1 aliphatic heterocycles. The van der Waals surface area contributed by atoms with E-state index < -0.39 is 10.9 Å². The standard InChI is InChI=1S/C26H21NO6/c1-26(2,3)18-8-6-17(7-9-18)25(29)32-20-12-13-21-22(15-20)33-23(24(21)28)14-16-4-10-19(11-5-16)27(30)31/h4-15H,1-3H3/b23-14-. The highest BCUT2D eigenvalue weighted by molar-refractivity contribution is 6.14. The van der Waals surface area contributed by atoms with E-state index in [0.29, 0.717) is 16.7 Å². The van der Waals surface area contributed by atoms with Crippen LogP contribution in [0.4, 0.5) is 5.69 Å². The summed E-state index contributed by atoms with van der Waals surface area (Å²) in [5.41, 5.74) is 2.39. The van der Waals surface area contributed by atoms with Gasteiger partial charge in [0.25, 0.3) is 5.69 Å². The van der Waals surface area contributed by atoms with Crippen molar-refractivity contribution >= 4 is 23.5 Å². The van der Waals surface area contributed by atoms with Crippen LogP contribution in [0, 0.1) is 10.1 Å². The van der Waals surface area contributed by atoms with Crippen molar-refractivity contribution in [2.24, 2.45) is 0 Å². The van der Waals surface area contributed by atoms with Gasteiger partial charge in [0, 0.05) is 18.2 Å². The van der Waals surface area contributed by atoms with Crippen LogP contribution in [-0.4, -0.2) is 16.7 Å². The number of hydrogen-bond acceptors (Lipinski definition) is 6. The molecule has 0 bridgehead atoms. The lowest BCUT2D eigenvalue weighted by molar-refractivity contribution is -0.384. The summed E-state index contributed by atoms with van der Waals surface area (Å²) in [7, 11) is 0. The summed E-state index contributed by atoms with van der Waals surface area (Å²) in [5, 5.41) is 10.8. The Morgan fingerprint density at radius 2 is 1.67 bits per heavy atom. The van der Waals surface area contributed by atoms with E-state index in [1.807, 2.05) is 12.1 Å². The predicted molar refractivity (Wildman–Crippen MR) is 123 cm³/mol. The first-order valence-electron chi connectivity index (χ1n) is 10.3. The molecule has 0 radical (unpaired) electrons. The third kappa shape index (κ3) is 4.67. The zero-order chi connectivity index (χ0) is 23.8. The monoisotopic (exact) mass is 443 g/mol. The minimum absolute atomic E-state index is 0.0218. The topological polar surface area (TPSA) is 95.7 Å². The Bertz CT molecular complexity index is 1280. The zero-order valence-corrected chi connectivity index (χ0v) is 18.3. The van der Waals surface area contributed by atoms with Gasteiger partial charge in [-0.25, -0.2) is 4.79 Å². The van der Waals surface area contributed by atoms with Gasteiger partial charge < -0.3 is 9.47 Å². The lowest BCUT2D eigenvalue weighted by atomic mass is 9.87. The van der Waals surface area contributed by atoms with E-state index in [4.69, 9.17) is 9.47 Å². The molecule has 0 saturated heterocycles. The Morgan fingerprint density at radius 3 is 2.27 bits per heavy atom. The van der Waals surface area contributed by atoms with Crippen molar-refractivity contribution < 1.29 is 24.0 Å². The molecule has 0 N–H and O–H groups in total. The summed E-state index contributed by atoms with van der Waals surface area (Å²) < 4.78 is 11.1. The molecule has 33 heavy (non-hydrogen) atoms. The summed E-state index contributed by atoms with van der Waals surface area (Å²) in [6, 6.07) is 17.6. The van der Waals surface area contributed by atoms with Crippen molar-refractivity contribution in [1.82, 2.24) is 0 Å². The molecule has 7 nitrogen and oxygen atoms in total. The molecule has 4 rings (SSSR count). The number of ether oxygens (including phenoxy) is 2. The van der Waals surface area contributed by atoms with Crippen molar-refractivity contribution in [2.45, 2.75) is 26.2 Å². The number of rotatable bonds is 4. The van der Waals surface area contributed by atoms with Crippen molar-refractivity contribution in [3.05, 3.63) is 105 Å². The number of non-ortho nitro benzene ring substituents is 1. The molecule has 1 aliphatic rings. The number of benzene rings is 3. The van der Waals surface area contributed by atoms with Gasteiger partial charge in [0.2, 0.25) is 5.78 Å². The van der Waals surface area contributed by atoms with Crippen molar-refractivity contribution in [3.8, 4) is 11.5 Å². The smallest absolute Gasteiger partial charge is 0.343 e. The number of Topliss-reactive ketones (excluding diaryl/α,β-unsaturated/α-hetero) is 1. The third-order valence-electron chi connectivity index (χ3n) is 5.24. The van der Waals surface area contributed by atoms with Crippen LogP contribution in [0.3, 0.4) is 0 Å². The van der Waals surface area contributed by atoms with Gasteiger partial charge in [-0.05, 0) is 59.0 Å². The molecule has 7 heteroatoms. The Labute approximate surface area is 190 Å². The molecule has 0 fully saturated rings. The molecule has 3 aromatic rings. The maximum absolute atomic E-state index is 12.6. The van der Waals surface area contributed by atoms with E-state index in [1.54, 1.807) is 18.2 Å². The number of hydrogen-bond donors (Lipinski definition) is 0. The highest BCUT2D eigenvalue weighted by atomic mass is 16.6. The summed E-state index contributed by atoms with van der Waals surface area (Å²) in [5.74, 6) is -0.218. The predicted octanol–water partition coefficient (Wildman–Crippen LogP) is 5.73. The van der Waals surface area contributed by atoms with E-state index >= 15 is 0 Å². The second-order valence-corrected chi connectivity index (χ2v) is 8.66. The number of allylic oxidation sites excluding steroid dienone is 1. The molecule has 166 valence electrons. The third-order valence-corrected chi connectivity index (χ3v) is 5.24. The molecule has 0 aromatic heterocycles. The lowest BCUT2D eigenvalue weighted by Gasteiger charge is -2.18. The quantitative estimate of drug-likeness (QED) is 0.168. The van der Waals surface area contributed by atoms with Crippen LogP contribution in [0.2, 0.25) is 0 Å². The minimum Gasteiger partial charge on any atom is -0.452 e. The van der Waals surface area contributed by atoms with Gasteiger partial charge in [0.1, 0.15) is 11.5 Å². The van der Waals surface area contributed by atoms with Crippen molar-refractivity contribution in [1.29, 1.82) is 0 Å². The normalized spacial score (nSPS) is 14.0. The number of esters is 1. The molecule has 0 aliphatic carbocycles. The molecule has 0 amide bonds. The van der Waals surface area contributed by atoms with Crippen LogP contribution < -0.4 is 9.47 Å². The molecule has 0 atom stereocenters. The Hall–Kier alpha value is -4.26. The van der Waals surface area contributed by atoms with E-state index in [0.717, 1.165) is 5.56 Å². The van der Waals surface area contributed by atoms with Gasteiger partial charge in [0.05, 0.1) is 16.1 Å². The van der Waals surface area contributed by atoms with Crippen molar-refractivity contribution in [3.63, 3.8) is 0 Å². The average molecular weight is 443 g/mol. The highest BCUT2D eigenvalue weighted by Gasteiger charge is 2.28. The number of carbonyl (C=O) groups is 2. The largest absolute Gasteiger partial charge is 0.452 e. The van der Waals surface area contributed by atoms with Crippen LogP contribution >= 0.6 is 0 Å². The van der Waals surface area contributed by atoms with Gasteiger partial charge >= 0.3 is 5.97 Å². The zero-order valence-electron chi connectivity index (χ0n) is 18.3. The molecule has 0 spiro atoms. The van der Waals surface area contributed by atoms with Crippen LogP contribution in [0.15, 0.2) is 72.5 Å². The summed E-state index contributed by atoms with van der Waals surface area (Å²) in [6.07, 6.45) is 1.51. The van der Waals surface area contributed by atoms with E-state index in [2.05, 4.69) is 20.8 Å². The highest BCUT2D eigenvalue weighted by Crippen LogP contribution is 2.35. The SMILES string of the molecule is CC(C)(C)c1ccc(C(=O)Oc2ccc3c(c2)O/C(=C\c2ccc([N+](=O)[O-])cc2)C3=O)cc1. The molecule has 0 unspecified atom stereocenters. The van der Waals surface area contributed by atoms with E-state index in [1.165, 1.54) is 42.5 Å². The number of nitrogens with zero attached hydrogens (tertiary/aromatic N) is 1. The van der Waals surface area contributed by atoms with Crippen LogP contribution in [-0.2, 0) is 5.41 Å². The van der Waals surface area contributed by atoms with Crippen molar-refractivity contribution in [2.75, 3.05) is 0 Å². The number of carbonyl (C=O) groups excluding carboxylic acids is 2.